The largest absolute Gasteiger partial charge is 0.245 e. The molecule has 72 valence electrons. The summed E-state index contributed by atoms with van der Waals surface area (Å²) in [7, 11) is 0. The molecule has 14 heavy (non-hydrogen) atoms. The van der Waals surface area contributed by atoms with Gasteiger partial charge in [0.15, 0.2) is 0 Å². The van der Waals surface area contributed by atoms with E-state index in [1.165, 1.54) is 32.0 Å². The van der Waals surface area contributed by atoms with Gasteiger partial charge in [0.1, 0.15) is 6.33 Å². The Balaban J connectivity index is 2.18. The summed E-state index contributed by atoms with van der Waals surface area (Å²) in [6, 6.07) is 4.22. The van der Waals surface area contributed by atoms with Gasteiger partial charge < -0.3 is 0 Å². The van der Waals surface area contributed by atoms with Crippen LogP contribution in [0.3, 0.4) is 0 Å². The summed E-state index contributed by atoms with van der Waals surface area (Å²) in [6.45, 7) is 0. The predicted molar refractivity (Wildman–Crippen MR) is 52.3 cm³/mol. The first-order chi connectivity index (χ1) is 6.92. The summed E-state index contributed by atoms with van der Waals surface area (Å²) in [5, 5.41) is 9.13. The highest BCUT2D eigenvalue weighted by atomic mass is 14.8. The lowest BCUT2D eigenvalue weighted by molar-refractivity contribution is 0.493. The average molecular weight is 187 g/mol. The number of nitrogens with zero attached hydrogens (tertiary/aromatic N) is 3. The van der Waals surface area contributed by atoms with E-state index in [4.69, 9.17) is 5.26 Å². The molecule has 3 nitrogen and oxygen atoms in total. The summed E-state index contributed by atoms with van der Waals surface area (Å²) >= 11 is 0. The van der Waals surface area contributed by atoms with Crippen molar-refractivity contribution in [3.8, 4) is 6.07 Å². The van der Waals surface area contributed by atoms with Gasteiger partial charge >= 0.3 is 0 Å². The molecule has 0 radical (unpaired) electrons. The second-order valence-corrected chi connectivity index (χ2v) is 3.79. The van der Waals surface area contributed by atoms with Gasteiger partial charge in [0.25, 0.3) is 0 Å². The zero-order valence-corrected chi connectivity index (χ0v) is 8.06. The first kappa shape index (κ1) is 9.14. The minimum atomic E-state index is -0.0273. The second kappa shape index (κ2) is 4.19. The minimum Gasteiger partial charge on any atom is -0.245 e. The van der Waals surface area contributed by atoms with Crippen molar-refractivity contribution in [2.45, 2.75) is 31.6 Å². The van der Waals surface area contributed by atoms with E-state index < -0.39 is 0 Å². The lowest BCUT2D eigenvalue weighted by Gasteiger charge is -2.14. The molecular weight excluding hydrogens is 174 g/mol. The summed E-state index contributed by atoms with van der Waals surface area (Å²) in [6.07, 6.45) is 8.09. The third-order valence-corrected chi connectivity index (χ3v) is 2.93. The van der Waals surface area contributed by atoms with Crippen LogP contribution in [-0.4, -0.2) is 9.97 Å². The Hall–Kier alpha value is -1.43. The van der Waals surface area contributed by atoms with E-state index in [2.05, 4.69) is 16.0 Å². The quantitative estimate of drug-likeness (QED) is 0.713. The standard InChI is InChI=1S/C11H13N3/c12-7-10(9-3-1-2-4-9)11-5-6-13-8-14-11/h5-6,8-10H,1-4H2. The predicted octanol–water partition coefficient (Wildman–Crippen LogP) is 2.27. The van der Waals surface area contributed by atoms with Gasteiger partial charge in [-0.05, 0) is 24.8 Å². The van der Waals surface area contributed by atoms with Crippen LogP contribution in [0.2, 0.25) is 0 Å². The van der Waals surface area contributed by atoms with E-state index in [1.54, 1.807) is 6.20 Å². The average Bonchev–Trinajstić information content (AvgIpc) is 2.74. The lowest BCUT2D eigenvalue weighted by Crippen LogP contribution is -2.09. The second-order valence-electron chi connectivity index (χ2n) is 3.79. The van der Waals surface area contributed by atoms with Gasteiger partial charge in [-0.15, -0.1) is 0 Å². The van der Waals surface area contributed by atoms with Crippen molar-refractivity contribution in [3.63, 3.8) is 0 Å². The van der Waals surface area contributed by atoms with E-state index in [9.17, 15) is 0 Å². The summed E-state index contributed by atoms with van der Waals surface area (Å²) < 4.78 is 0. The minimum absolute atomic E-state index is 0.0273. The van der Waals surface area contributed by atoms with Gasteiger partial charge in [0.2, 0.25) is 0 Å². The van der Waals surface area contributed by atoms with Crippen LogP contribution in [-0.2, 0) is 0 Å². The Morgan fingerprint density at radius 3 is 2.79 bits per heavy atom. The topological polar surface area (TPSA) is 49.6 Å². The fourth-order valence-corrected chi connectivity index (χ4v) is 2.19. The van der Waals surface area contributed by atoms with Crippen molar-refractivity contribution < 1.29 is 0 Å². The lowest BCUT2D eigenvalue weighted by atomic mass is 9.89. The Morgan fingerprint density at radius 2 is 2.21 bits per heavy atom. The maximum atomic E-state index is 9.13. The molecule has 1 aromatic rings. The molecule has 0 bridgehead atoms. The molecule has 0 N–H and O–H groups in total. The molecule has 3 heteroatoms. The molecule has 1 aliphatic carbocycles. The molecule has 1 atom stereocenters. The Morgan fingerprint density at radius 1 is 1.43 bits per heavy atom. The van der Waals surface area contributed by atoms with Crippen LogP contribution in [0.25, 0.3) is 0 Å². The maximum Gasteiger partial charge on any atom is 0.115 e. The van der Waals surface area contributed by atoms with E-state index in [0.29, 0.717) is 5.92 Å². The van der Waals surface area contributed by atoms with Crippen molar-refractivity contribution >= 4 is 0 Å². The van der Waals surface area contributed by atoms with Gasteiger partial charge in [-0.3, -0.25) is 0 Å². The zero-order valence-electron chi connectivity index (χ0n) is 8.06. The first-order valence-electron chi connectivity index (χ1n) is 5.07. The monoisotopic (exact) mass is 187 g/mol. The van der Waals surface area contributed by atoms with E-state index in [-0.39, 0.29) is 5.92 Å². The molecule has 0 aliphatic heterocycles. The normalized spacial score (nSPS) is 19.1. The van der Waals surface area contributed by atoms with Crippen molar-refractivity contribution in [2.24, 2.45) is 5.92 Å². The number of hydrogen-bond donors (Lipinski definition) is 0. The smallest absolute Gasteiger partial charge is 0.115 e. The third-order valence-electron chi connectivity index (χ3n) is 2.93. The Kier molecular flexibility index (Phi) is 2.73. The van der Waals surface area contributed by atoms with Gasteiger partial charge in [0, 0.05) is 6.20 Å². The molecule has 1 aromatic heterocycles. The van der Waals surface area contributed by atoms with Crippen molar-refractivity contribution in [1.29, 1.82) is 5.26 Å². The molecule has 0 saturated heterocycles. The summed E-state index contributed by atoms with van der Waals surface area (Å²) in [4.78, 5) is 8.03. The number of hydrogen-bond acceptors (Lipinski definition) is 3. The zero-order chi connectivity index (χ0) is 9.80. The van der Waals surface area contributed by atoms with Crippen LogP contribution >= 0.6 is 0 Å². The van der Waals surface area contributed by atoms with Crippen LogP contribution in [0, 0.1) is 17.2 Å². The Bertz CT molecular complexity index is 322. The van der Waals surface area contributed by atoms with Crippen molar-refractivity contribution in [3.05, 3.63) is 24.3 Å². The molecule has 1 heterocycles. The van der Waals surface area contributed by atoms with Crippen LogP contribution < -0.4 is 0 Å². The van der Waals surface area contributed by atoms with Gasteiger partial charge in [-0.1, -0.05) is 12.8 Å². The van der Waals surface area contributed by atoms with Crippen LogP contribution in [0.15, 0.2) is 18.6 Å². The summed E-state index contributed by atoms with van der Waals surface area (Å²) in [5.74, 6) is 0.482. The molecule has 0 spiro atoms. The first-order valence-corrected chi connectivity index (χ1v) is 5.07. The SMILES string of the molecule is N#CC(c1ccncn1)C1CCCC1. The molecule has 0 aromatic carbocycles. The number of aromatic nitrogens is 2. The van der Waals surface area contributed by atoms with Crippen molar-refractivity contribution in [2.75, 3.05) is 0 Å². The highest BCUT2D eigenvalue weighted by Crippen LogP contribution is 2.35. The maximum absolute atomic E-state index is 9.13. The van der Waals surface area contributed by atoms with Crippen LogP contribution in [0.5, 0.6) is 0 Å². The highest BCUT2D eigenvalue weighted by molar-refractivity contribution is 5.16. The van der Waals surface area contributed by atoms with E-state index in [1.807, 2.05) is 6.07 Å². The fourth-order valence-electron chi connectivity index (χ4n) is 2.19. The number of nitriles is 1. The molecule has 1 saturated carbocycles. The molecule has 2 rings (SSSR count). The molecule has 1 unspecified atom stereocenters. The summed E-state index contributed by atoms with van der Waals surface area (Å²) in [5.41, 5.74) is 0.884. The highest BCUT2D eigenvalue weighted by Gasteiger charge is 2.26. The Labute approximate surface area is 83.8 Å². The van der Waals surface area contributed by atoms with Gasteiger partial charge in [-0.25, -0.2) is 9.97 Å². The van der Waals surface area contributed by atoms with Crippen LogP contribution in [0.1, 0.15) is 37.3 Å². The van der Waals surface area contributed by atoms with Gasteiger partial charge in [0.05, 0.1) is 17.7 Å². The van der Waals surface area contributed by atoms with Gasteiger partial charge in [-0.2, -0.15) is 5.26 Å². The molecule has 1 aliphatic rings. The van der Waals surface area contributed by atoms with E-state index >= 15 is 0 Å². The van der Waals surface area contributed by atoms with E-state index in [0.717, 1.165) is 5.69 Å². The molecule has 0 amide bonds. The van der Waals surface area contributed by atoms with Crippen LogP contribution in [0.4, 0.5) is 0 Å². The molecule has 1 fully saturated rings. The number of rotatable bonds is 2. The third kappa shape index (κ3) is 1.74. The fraction of sp³-hybridized carbons (Fsp3) is 0.545. The van der Waals surface area contributed by atoms with Crippen molar-refractivity contribution in [1.82, 2.24) is 9.97 Å². The molecular formula is C11H13N3.